The van der Waals surface area contributed by atoms with Gasteiger partial charge in [0.25, 0.3) is 0 Å². The molecule has 0 aliphatic heterocycles. The molecule has 0 aromatic heterocycles. The molecule has 1 rings (SSSR count). The van der Waals surface area contributed by atoms with Crippen LogP contribution in [0.2, 0.25) is 5.02 Å². The van der Waals surface area contributed by atoms with Crippen molar-refractivity contribution in [3.63, 3.8) is 0 Å². The molecule has 0 saturated heterocycles. The molecule has 106 valence electrons. The zero-order chi connectivity index (χ0) is 14.3. The summed E-state index contributed by atoms with van der Waals surface area (Å²) in [6.45, 7) is 8.94. The molecule has 2 nitrogen and oxygen atoms in total. The lowest BCUT2D eigenvalue weighted by Crippen LogP contribution is -2.34. The van der Waals surface area contributed by atoms with Crippen LogP contribution < -0.4 is 0 Å². The quantitative estimate of drug-likeness (QED) is 0.663. The summed E-state index contributed by atoms with van der Waals surface area (Å²) in [5.41, 5.74) is 0.743. The number of benzene rings is 1. The molecule has 0 amide bonds. The Hall–Kier alpha value is -0.860. The minimum Gasteiger partial charge on any atom is -0.296 e. The molecule has 0 saturated carbocycles. The van der Waals surface area contributed by atoms with Gasteiger partial charge in [0.05, 0.1) is 6.54 Å². The van der Waals surface area contributed by atoms with Crippen LogP contribution in [0.4, 0.5) is 0 Å². The molecule has 1 aromatic carbocycles. The van der Waals surface area contributed by atoms with E-state index in [0.717, 1.165) is 18.7 Å². The smallest absolute Gasteiger partial charge is 0.176 e. The molecular weight excluding hydrogens is 258 g/mol. The molecule has 0 N–H and O–H groups in total. The highest BCUT2D eigenvalue weighted by molar-refractivity contribution is 6.30. The highest BCUT2D eigenvalue weighted by Crippen LogP contribution is 2.13. The Morgan fingerprint density at radius 1 is 1.16 bits per heavy atom. The number of rotatable bonds is 8. The first-order valence-corrected chi connectivity index (χ1v) is 7.49. The van der Waals surface area contributed by atoms with Crippen LogP contribution in [0.3, 0.4) is 0 Å². The zero-order valence-corrected chi connectivity index (χ0v) is 12.9. The summed E-state index contributed by atoms with van der Waals surface area (Å²) >= 11 is 5.83. The van der Waals surface area contributed by atoms with Crippen molar-refractivity contribution in [1.29, 1.82) is 0 Å². The molecule has 3 heteroatoms. The van der Waals surface area contributed by atoms with Crippen LogP contribution in [-0.2, 0) is 0 Å². The molecule has 0 aliphatic carbocycles. The van der Waals surface area contributed by atoms with Gasteiger partial charge in [-0.3, -0.25) is 9.69 Å². The summed E-state index contributed by atoms with van der Waals surface area (Å²) in [6.07, 6.45) is 2.34. The number of carbonyl (C=O) groups excluding carboxylic acids is 1. The van der Waals surface area contributed by atoms with Crippen LogP contribution >= 0.6 is 11.6 Å². The second-order valence-electron chi connectivity index (χ2n) is 4.94. The standard InChI is InChI=1S/C16H24ClNO/c1-4-13(5-2)11-18(6-3)12-16(19)14-7-9-15(17)10-8-14/h7-10,13H,4-6,11-12H2,1-3H3. The maximum Gasteiger partial charge on any atom is 0.176 e. The van der Waals surface area contributed by atoms with Crippen LogP contribution in [0.5, 0.6) is 0 Å². The van der Waals surface area contributed by atoms with E-state index in [-0.39, 0.29) is 5.78 Å². The Balaban J connectivity index is 2.60. The number of nitrogens with zero attached hydrogens (tertiary/aromatic N) is 1. The summed E-state index contributed by atoms with van der Waals surface area (Å²) in [5, 5.41) is 0.668. The predicted octanol–water partition coefficient (Wildman–Crippen LogP) is 4.28. The van der Waals surface area contributed by atoms with Gasteiger partial charge in [0.1, 0.15) is 0 Å². The fraction of sp³-hybridized carbons (Fsp3) is 0.562. The number of carbonyl (C=O) groups is 1. The van der Waals surface area contributed by atoms with Gasteiger partial charge in [0.2, 0.25) is 0 Å². The molecule has 0 atom stereocenters. The summed E-state index contributed by atoms with van der Waals surface area (Å²) < 4.78 is 0. The third-order valence-corrected chi connectivity index (χ3v) is 3.90. The van der Waals surface area contributed by atoms with Gasteiger partial charge in [-0.1, -0.05) is 45.2 Å². The first kappa shape index (κ1) is 16.2. The summed E-state index contributed by atoms with van der Waals surface area (Å²) in [5.74, 6) is 0.849. The van der Waals surface area contributed by atoms with Crippen molar-refractivity contribution >= 4 is 17.4 Å². The van der Waals surface area contributed by atoms with Crippen molar-refractivity contribution in [3.05, 3.63) is 34.9 Å². The lowest BCUT2D eigenvalue weighted by Gasteiger charge is -2.24. The molecular formula is C16H24ClNO. The number of likely N-dealkylation sites (N-methyl/N-ethyl adjacent to an activating group) is 1. The van der Waals surface area contributed by atoms with Crippen LogP contribution in [-0.4, -0.2) is 30.3 Å². The third-order valence-electron chi connectivity index (χ3n) is 3.65. The summed E-state index contributed by atoms with van der Waals surface area (Å²) in [7, 11) is 0. The van der Waals surface area contributed by atoms with Crippen molar-refractivity contribution in [2.45, 2.75) is 33.6 Å². The Morgan fingerprint density at radius 3 is 2.21 bits per heavy atom. The molecule has 0 fully saturated rings. The zero-order valence-electron chi connectivity index (χ0n) is 12.2. The fourth-order valence-corrected chi connectivity index (χ4v) is 2.27. The topological polar surface area (TPSA) is 20.3 Å². The lowest BCUT2D eigenvalue weighted by atomic mass is 10.0. The van der Waals surface area contributed by atoms with E-state index in [4.69, 9.17) is 11.6 Å². The van der Waals surface area contributed by atoms with E-state index in [1.54, 1.807) is 24.3 Å². The minimum atomic E-state index is 0.171. The molecule has 0 radical (unpaired) electrons. The van der Waals surface area contributed by atoms with E-state index < -0.39 is 0 Å². The Labute approximate surface area is 121 Å². The molecule has 0 heterocycles. The van der Waals surface area contributed by atoms with Gasteiger partial charge in [-0.05, 0) is 36.7 Å². The molecule has 1 aromatic rings. The Morgan fingerprint density at radius 2 is 1.74 bits per heavy atom. The van der Waals surface area contributed by atoms with Crippen molar-refractivity contribution in [2.75, 3.05) is 19.6 Å². The summed E-state index contributed by atoms with van der Waals surface area (Å²) in [6, 6.07) is 7.14. The average Bonchev–Trinajstić information content (AvgIpc) is 2.43. The van der Waals surface area contributed by atoms with Crippen molar-refractivity contribution in [3.8, 4) is 0 Å². The van der Waals surface area contributed by atoms with E-state index >= 15 is 0 Å². The van der Waals surface area contributed by atoms with Gasteiger partial charge < -0.3 is 0 Å². The van der Waals surface area contributed by atoms with Gasteiger partial charge in [-0.25, -0.2) is 0 Å². The second-order valence-corrected chi connectivity index (χ2v) is 5.38. The van der Waals surface area contributed by atoms with Gasteiger partial charge in [0, 0.05) is 17.1 Å². The van der Waals surface area contributed by atoms with Crippen molar-refractivity contribution in [1.82, 2.24) is 4.90 Å². The largest absolute Gasteiger partial charge is 0.296 e. The number of hydrogen-bond acceptors (Lipinski definition) is 2. The van der Waals surface area contributed by atoms with Gasteiger partial charge in [-0.2, -0.15) is 0 Å². The van der Waals surface area contributed by atoms with E-state index in [1.165, 1.54) is 12.8 Å². The SMILES string of the molecule is CCC(CC)CN(CC)CC(=O)c1ccc(Cl)cc1. The van der Waals surface area contributed by atoms with E-state index in [0.29, 0.717) is 17.5 Å². The van der Waals surface area contributed by atoms with Crippen LogP contribution in [0, 0.1) is 5.92 Å². The maximum atomic E-state index is 12.2. The highest BCUT2D eigenvalue weighted by atomic mass is 35.5. The molecule has 0 bridgehead atoms. The normalized spacial score (nSPS) is 11.3. The van der Waals surface area contributed by atoms with Gasteiger partial charge >= 0.3 is 0 Å². The second kappa shape index (κ2) is 8.34. The van der Waals surface area contributed by atoms with Crippen LogP contribution in [0.15, 0.2) is 24.3 Å². The van der Waals surface area contributed by atoms with Gasteiger partial charge in [-0.15, -0.1) is 0 Å². The Kier molecular flexibility index (Phi) is 7.11. The van der Waals surface area contributed by atoms with E-state index in [9.17, 15) is 4.79 Å². The van der Waals surface area contributed by atoms with Crippen molar-refractivity contribution < 1.29 is 4.79 Å². The van der Waals surface area contributed by atoms with Gasteiger partial charge in [0.15, 0.2) is 5.78 Å². The molecule has 0 unspecified atom stereocenters. The number of hydrogen-bond donors (Lipinski definition) is 0. The van der Waals surface area contributed by atoms with Crippen LogP contribution in [0.25, 0.3) is 0 Å². The van der Waals surface area contributed by atoms with Crippen LogP contribution in [0.1, 0.15) is 44.0 Å². The van der Waals surface area contributed by atoms with Crippen molar-refractivity contribution in [2.24, 2.45) is 5.92 Å². The predicted molar refractivity (Wildman–Crippen MR) is 82.0 cm³/mol. The number of Topliss-reactive ketones (excluding diaryl/α,β-unsaturated/α-hetero) is 1. The van der Waals surface area contributed by atoms with E-state index in [2.05, 4.69) is 25.7 Å². The first-order valence-electron chi connectivity index (χ1n) is 7.11. The number of ketones is 1. The number of halogens is 1. The highest BCUT2D eigenvalue weighted by Gasteiger charge is 2.14. The third kappa shape index (κ3) is 5.33. The average molecular weight is 282 g/mol. The molecule has 0 spiro atoms. The fourth-order valence-electron chi connectivity index (χ4n) is 2.15. The molecule has 19 heavy (non-hydrogen) atoms. The minimum absolute atomic E-state index is 0.171. The summed E-state index contributed by atoms with van der Waals surface area (Å²) in [4.78, 5) is 14.4. The van der Waals surface area contributed by atoms with E-state index in [1.807, 2.05) is 0 Å². The monoisotopic (exact) mass is 281 g/mol. The molecule has 0 aliphatic rings. The Bertz CT molecular complexity index is 384. The lowest BCUT2D eigenvalue weighted by molar-refractivity contribution is 0.0920. The maximum absolute atomic E-state index is 12.2. The first-order chi connectivity index (χ1) is 9.10.